The Hall–Kier alpha value is -2.12. The lowest BCUT2D eigenvalue weighted by atomic mass is 10.1. The summed E-state index contributed by atoms with van der Waals surface area (Å²) in [6, 6.07) is 10.3. The second-order valence-electron chi connectivity index (χ2n) is 3.81. The van der Waals surface area contributed by atoms with Crippen molar-refractivity contribution in [2.45, 2.75) is 19.5 Å². The number of hydrogen-bond donors (Lipinski definition) is 1. The highest BCUT2D eigenvalue weighted by atomic mass is 16.1. The van der Waals surface area contributed by atoms with E-state index >= 15 is 0 Å². The highest BCUT2D eigenvalue weighted by molar-refractivity contribution is 5.79. The molecule has 1 atom stereocenters. The SMILES string of the molecule is CCn1c(=O)c([C@H](N)C#N)cc2ccccc21. The fourth-order valence-corrected chi connectivity index (χ4v) is 1.96. The highest BCUT2D eigenvalue weighted by Crippen LogP contribution is 2.15. The zero-order valence-corrected chi connectivity index (χ0v) is 9.55. The third kappa shape index (κ3) is 1.81. The van der Waals surface area contributed by atoms with Crippen LogP contribution in [0.2, 0.25) is 0 Å². The Morgan fingerprint density at radius 2 is 2.18 bits per heavy atom. The molecule has 4 heteroatoms. The zero-order chi connectivity index (χ0) is 12.4. The minimum Gasteiger partial charge on any atom is -0.312 e. The molecule has 0 unspecified atom stereocenters. The van der Waals surface area contributed by atoms with Crippen LogP contribution in [0.3, 0.4) is 0 Å². The molecule has 86 valence electrons. The molecule has 0 bridgehead atoms. The first kappa shape index (κ1) is 11.4. The predicted molar refractivity (Wildman–Crippen MR) is 66.4 cm³/mol. The molecular weight excluding hydrogens is 214 g/mol. The van der Waals surface area contributed by atoms with E-state index in [9.17, 15) is 4.79 Å². The van der Waals surface area contributed by atoms with Crippen LogP contribution in [-0.4, -0.2) is 4.57 Å². The molecule has 2 rings (SSSR count). The lowest BCUT2D eigenvalue weighted by molar-refractivity contribution is 0.737. The first-order chi connectivity index (χ1) is 8.19. The second-order valence-corrected chi connectivity index (χ2v) is 3.81. The molecule has 0 fully saturated rings. The van der Waals surface area contributed by atoms with Gasteiger partial charge in [-0.15, -0.1) is 0 Å². The smallest absolute Gasteiger partial charge is 0.256 e. The molecule has 2 aromatic rings. The molecule has 4 nitrogen and oxygen atoms in total. The van der Waals surface area contributed by atoms with Gasteiger partial charge in [0.05, 0.1) is 11.6 Å². The molecule has 17 heavy (non-hydrogen) atoms. The number of benzene rings is 1. The minimum absolute atomic E-state index is 0.180. The quantitative estimate of drug-likeness (QED) is 0.845. The molecule has 2 N–H and O–H groups in total. The van der Waals surface area contributed by atoms with E-state index in [0.29, 0.717) is 12.1 Å². The van der Waals surface area contributed by atoms with Crippen LogP contribution in [0.5, 0.6) is 0 Å². The lowest BCUT2D eigenvalue weighted by Crippen LogP contribution is -2.27. The van der Waals surface area contributed by atoms with Gasteiger partial charge >= 0.3 is 0 Å². The fourth-order valence-electron chi connectivity index (χ4n) is 1.96. The van der Waals surface area contributed by atoms with Gasteiger partial charge in [0.25, 0.3) is 5.56 Å². The molecule has 0 aliphatic heterocycles. The largest absolute Gasteiger partial charge is 0.312 e. The fraction of sp³-hybridized carbons (Fsp3) is 0.231. The van der Waals surface area contributed by atoms with E-state index in [1.807, 2.05) is 37.3 Å². The minimum atomic E-state index is -0.870. The first-order valence-electron chi connectivity index (χ1n) is 5.46. The maximum atomic E-state index is 12.1. The summed E-state index contributed by atoms with van der Waals surface area (Å²) in [4.78, 5) is 12.1. The third-order valence-corrected chi connectivity index (χ3v) is 2.82. The van der Waals surface area contributed by atoms with Gasteiger partial charge in [0.2, 0.25) is 0 Å². The molecule has 0 radical (unpaired) electrons. The number of para-hydroxylation sites is 1. The van der Waals surface area contributed by atoms with Crippen molar-refractivity contribution in [2.24, 2.45) is 5.73 Å². The first-order valence-corrected chi connectivity index (χ1v) is 5.46. The van der Waals surface area contributed by atoms with E-state index in [-0.39, 0.29) is 5.56 Å². The van der Waals surface area contributed by atoms with E-state index in [0.717, 1.165) is 10.9 Å². The van der Waals surface area contributed by atoms with Crippen molar-refractivity contribution in [3.63, 3.8) is 0 Å². The maximum Gasteiger partial charge on any atom is 0.256 e. The number of nitrogens with two attached hydrogens (primary N) is 1. The summed E-state index contributed by atoms with van der Waals surface area (Å²) in [7, 11) is 0. The predicted octanol–water partition coefficient (Wildman–Crippen LogP) is 1.54. The van der Waals surface area contributed by atoms with Crippen LogP contribution in [0, 0.1) is 11.3 Å². The van der Waals surface area contributed by atoms with Crippen molar-refractivity contribution >= 4 is 10.9 Å². The van der Waals surface area contributed by atoms with E-state index < -0.39 is 6.04 Å². The molecule has 1 aromatic carbocycles. The lowest BCUT2D eigenvalue weighted by Gasteiger charge is -2.11. The highest BCUT2D eigenvalue weighted by Gasteiger charge is 2.13. The normalized spacial score (nSPS) is 12.3. The van der Waals surface area contributed by atoms with E-state index in [1.54, 1.807) is 10.6 Å². The molecule has 0 aliphatic carbocycles. The number of aryl methyl sites for hydroxylation is 1. The average Bonchev–Trinajstić information content (AvgIpc) is 2.37. The summed E-state index contributed by atoms with van der Waals surface area (Å²) in [5.74, 6) is 0. The van der Waals surface area contributed by atoms with Crippen molar-refractivity contribution in [1.82, 2.24) is 4.57 Å². The van der Waals surface area contributed by atoms with Gasteiger partial charge in [0.15, 0.2) is 0 Å². The molecular formula is C13H13N3O. The van der Waals surface area contributed by atoms with E-state index in [4.69, 9.17) is 11.0 Å². The second kappa shape index (κ2) is 4.40. The Morgan fingerprint density at radius 1 is 1.47 bits per heavy atom. The Balaban J connectivity index is 2.86. The summed E-state index contributed by atoms with van der Waals surface area (Å²) < 4.78 is 1.64. The van der Waals surface area contributed by atoms with Crippen LogP contribution in [0.15, 0.2) is 35.1 Å². The molecule has 1 heterocycles. The topological polar surface area (TPSA) is 71.8 Å². The number of nitrogens with zero attached hydrogens (tertiary/aromatic N) is 2. The van der Waals surface area contributed by atoms with Crippen molar-refractivity contribution in [2.75, 3.05) is 0 Å². The standard InChI is InChI=1S/C13H13N3O/c1-2-16-12-6-4-3-5-9(12)7-10(13(16)17)11(15)8-14/h3-7,11H,2,15H2,1H3/t11-/m1/s1. The Labute approximate surface area is 98.9 Å². The number of hydrogen-bond acceptors (Lipinski definition) is 3. The van der Waals surface area contributed by atoms with Crippen molar-refractivity contribution in [1.29, 1.82) is 5.26 Å². The summed E-state index contributed by atoms with van der Waals surface area (Å²) in [6.45, 7) is 2.46. The van der Waals surface area contributed by atoms with Crippen molar-refractivity contribution in [3.05, 3.63) is 46.2 Å². The number of pyridine rings is 1. The summed E-state index contributed by atoms with van der Waals surface area (Å²) in [6.07, 6.45) is 0. The van der Waals surface area contributed by atoms with Crippen LogP contribution < -0.4 is 11.3 Å². The van der Waals surface area contributed by atoms with Crippen LogP contribution >= 0.6 is 0 Å². The number of fused-ring (bicyclic) bond motifs is 1. The van der Waals surface area contributed by atoms with Gasteiger partial charge in [0, 0.05) is 12.1 Å². The van der Waals surface area contributed by atoms with Gasteiger partial charge < -0.3 is 10.3 Å². The van der Waals surface area contributed by atoms with Gasteiger partial charge in [0.1, 0.15) is 6.04 Å². The monoisotopic (exact) mass is 227 g/mol. The van der Waals surface area contributed by atoms with Gasteiger partial charge in [-0.1, -0.05) is 18.2 Å². The summed E-state index contributed by atoms with van der Waals surface area (Å²) in [5.41, 5.74) is 6.68. The van der Waals surface area contributed by atoms with Crippen LogP contribution in [-0.2, 0) is 6.54 Å². The molecule has 0 amide bonds. The molecule has 1 aromatic heterocycles. The van der Waals surface area contributed by atoms with Crippen molar-refractivity contribution in [3.8, 4) is 6.07 Å². The summed E-state index contributed by atoms with van der Waals surface area (Å²) >= 11 is 0. The Kier molecular flexibility index (Phi) is 2.94. The maximum absolute atomic E-state index is 12.1. The zero-order valence-electron chi connectivity index (χ0n) is 9.55. The van der Waals surface area contributed by atoms with Crippen LogP contribution in [0.1, 0.15) is 18.5 Å². The van der Waals surface area contributed by atoms with Gasteiger partial charge in [-0.05, 0) is 24.4 Å². The van der Waals surface area contributed by atoms with Gasteiger partial charge in [-0.25, -0.2) is 0 Å². The Bertz CT molecular complexity index is 652. The van der Waals surface area contributed by atoms with E-state index in [1.165, 1.54) is 0 Å². The average molecular weight is 227 g/mol. The van der Waals surface area contributed by atoms with Gasteiger partial charge in [-0.2, -0.15) is 5.26 Å². The van der Waals surface area contributed by atoms with Gasteiger partial charge in [-0.3, -0.25) is 4.79 Å². The molecule has 0 aliphatic rings. The Morgan fingerprint density at radius 3 is 2.82 bits per heavy atom. The van der Waals surface area contributed by atoms with Crippen LogP contribution in [0.4, 0.5) is 0 Å². The third-order valence-electron chi connectivity index (χ3n) is 2.82. The van der Waals surface area contributed by atoms with E-state index in [2.05, 4.69) is 0 Å². The number of rotatable bonds is 2. The molecule has 0 saturated carbocycles. The molecule has 0 saturated heterocycles. The molecule has 0 spiro atoms. The number of aromatic nitrogens is 1. The van der Waals surface area contributed by atoms with Crippen LogP contribution in [0.25, 0.3) is 10.9 Å². The summed E-state index contributed by atoms with van der Waals surface area (Å²) in [5, 5.41) is 9.75. The number of nitriles is 1. The van der Waals surface area contributed by atoms with Crippen molar-refractivity contribution < 1.29 is 0 Å².